The Morgan fingerprint density at radius 2 is 1.90 bits per heavy atom. The maximum Gasteiger partial charge on any atom is 0.409 e. The molecule has 0 aromatic carbocycles. The van der Waals surface area contributed by atoms with Crippen LogP contribution in [0.1, 0.15) is 49.0 Å². The van der Waals surface area contributed by atoms with Crippen molar-refractivity contribution in [2.75, 3.05) is 38.2 Å². The highest BCUT2D eigenvalue weighted by Crippen LogP contribution is 2.43. The molecule has 0 N–H and O–H groups in total. The fourth-order valence-electron chi connectivity index (χ4n) is 4.54. The van der Waals surface area contributed by atoms with Gasteiger partial charge in [0.2, 0.25) is 0 Å². The van der Waals surface area contributed by atoms with Gasteiger partial charge in [-0.25, -0.2) is 14.8 Å². The number of amides is 1. The van der Waals surface area contributed by atoms with Crippen molar-refractivity contribution in [1.29, 1.82) is 0 Å². The van der Waals surface area contributed by atoms with Crippen molar-refractivity contribution >= 4 is 11.9 Å². The molecule has 0 radical (unpaired) electrons. The van der Waals surface area contributed by atoms with E-state index in [0.717, 1.165) is 72.5 Å². The van der Waals surface area contributed by atoms with Crippen LogP contribution in [0.4, 0.5) is 10.6 Å². The van der Waals surface area contributed by atoms with Crippen molar-refractivity contribution in [1.82, 2.24) is 20.0 Å². The van der Waals surface area contributed by atoms with Crippen LogP contribution in [0.25, 0.3) is 11.3 Å². The molecule has 0 saturated carbocycles. The molecule has 1 spiro atoms. The van der Waals surface area contributed by atoms with Gasteiger partial charge in [-0.1, -0.05) is 19.0 Å². The minimum atomic E-state index is -0.235. The lowest BCUT2D eigenvalue weighted by molar-refractivity contribution is 0.123. The highest BCUT2D eigenvalue weighted by atomic mass is 16.5. The first kappa shape index (κ1) is 19.7. The van der Waals surface area contributed by atoms with Crippen molar-refractivity contribution in [2.45, 2.75) is 47.0 Å². The Morgan fingerprint density at radius 1 is 1.17 bits per heavy atom. The van der Waals surface area contributed by atoms with Crippen LogP contribution >= 0.6 is 0 Å². The van der Waals surface area contributed by atoms with E-state index in [-0.39, 0.29) is 17.4 Å². The number of ether oxygens (including phenoxy) is 1. The molecule has 2 aliphatic rings. The molecule has 2 fully saturated rings. The summed E-state index contributed by atoms with van der Waals surface area (Å²) in [6, 6.07) is 0. The largest absolute Gasteiger partial charge is 0.453 e. The summed E-state index contributed by atoms with van der Waals surface area (Å²) in [4.78, 5) is 25.7. The van der Waals surface area contributed by atoms with E-state index in [1.165, 1.54) is 7.11 Å². The molecule has 1 amide bonds. The normalized spacial score (nSPS) is 17.9. The predicted molar refractivity (Wildman–Crippen MR) is 109 cm³/mol. The Kier molecular flexibility index (Phi) is 4.75. The number of hydrogen-bond acceptors (Lipinski definition) is 7. The smallest absolute Gasteiger partial charge is 0.409 e. The fraction of sp³-hybridized carbons (Fsp3) is 0.619. The van der Waals surface area contributed by atoms with E-state index in [9.17, 15) is 4.79 Å². The molecule has 2 aromatic rings. The van der Waals surface area contributed by atoms with Gasteiger partial charge in [-0.05, 0) is 27.2 Å². The first-order chi connectivity index (χ1) is 13.7. The van der Waals surface area contributed by atoms with Gasteiger partial charge in [0.25, 0.3) is 0 Å². The lowest BCUT2D eigenvalue weighted by atomic mass is 9.79. The van der Waals surface area contributed by atoms with E-state index in [0.29, 0.717) is 0 Å². The zero-order chi connectivity index (χ0) is 20.9. The summed E-state index contributed by atoms with van der Waals surface area (Å²) in [5.74, 6) is 2.78. The van der Waals surface area contributed by atoms with Crippen molar-refractivity contribution in [3.8, 4) is 11.3 Å². The van der Waals surface area contributed by atoms with Gasteiger partial charge in [0, 0.05) is 43.1 Å². The van der Waals surface area contributed by atoms with E-state index in [2.05, 4.69) is 30.8 Å². The van der Waals surface area contributed by atoms with Crippen LogP contribution in [0, 0.1) is 26.2 Å². The average molecular weight is 399 g/mol. The van der Waals surface area contributed by atoms with E-state index in [4.69, 9.17) is 19.2 Å². The number of carbonyl (C=O) groups is 1. The number of methoxy groups -OCH3 is 1. The number of hydrogen-bond donors (Lipinski definition) is 0. The van der Waals surface area contributed by atoms with Crippen molar-refractivity contribution in [3.63, 3.8) is 0 Å². The van der Waals surface area contributed by atoms with E-state index >= 15 is 0 Å². The van der Waals surface area contributed by atoms with Gasteiger partial charge in [-0.15, -0.1) is 0 Å². The van der Waals surface area contributed by atoms with Gasteiger partial charge in [-0.2, -0.15) is 0 Å². The van der Waals surface area contributed by atoms with Crippen LogP contribution in [0.3, 0.4) is 0 Å². The second kappa shape index (κ2) is 7.00. The SMILES string of the molecule is COC(=O)N1CCC2(C1)CN(c1nc(C(C)C)nc(-c3c(C)noc3C)c1C)C2. The minimum Gasteiger partial charge on any atom is -0.453 e. The van der Waals surface area contributed by atoms with E-state index < -0.39 is 0 Å². The Hall–Kier alpha value is -2.64. The van der Waals surface area contributed by atoms with Crippen LogP contribution in [0.2, 0.25) is 0 Å². The van der Waals surface area contributed by atoms with Crippen LogP contribution in [-0.2, 0) is 4.74 Å². The molecule has 0 aliphatic carbocycles. The number of nitrogens with zero attached hydrogens (tertiary/aromatic N) is 5. The molecule has 4 rings (SSSR count). The number of rotatable bonds is 3. The van der Waals surface area contributed by atoms with Gasteiger partial charge >= 0.3 is 6.09 Å². The first-order valence-corrected chi connectivity index (χ1v) is 10.1. The number of aryl methyl sites for hydroxylation is 2. The summed E-state index contributed by atoms with van der Waals surface area (Å²) < 4.78 is 10.3. The number of likely N-dealkylation sites (tertiary alicyclic amines) is 1. The third kappa shape index (κ3) is 3.24. The molecule has 0 unspecified atom stereocenters. The molecule has 0 atom stereocenters. The van der Waals surface area contributed by atoms with E-state index in [1.54, 1.807) is 4.90 Å². The molecular weight excluding hydrogens is 370 g/mol. The lowest BCUT2D eigenvalue weighted by Crippen LogP contribution is -2.58. The summed E-state index contributed by atoms with van der Waals surface area (Å²) >= 11 is 0. The molecule has 156 valence electrons. The number of aromatic nitrogens is 3. The third-order valence-corrected chi connectivity index (χ3v) is 6.15. The van der Waals surface area contributed by atoms with Gasteiger partial charge in [0.05, 0.1) is 24.1 Å². The van der Waals surface area contributed by atoms with Crippen molar-refractivity contribution in [2.24, 2.45) is 5.41 Å². The predicted octanol–water partition coefficient (Wildman–Crippen LogP) is 3.46. The van der Waals surface area contributed by atoms with Gasteiger partial charge in [-0.3, -0.25) is 0 Å². The van der Waals surface area contributed by atoms with E-state index in [1.807, 2.05) is 13.8 Å². The van der Waals surface area contributed by atoms with Crippen LogP contribution < -0.4 is 4.90 Å². The second-order valence-corrected chi connectivity index (χ2v) is 8.73. The van der Waals surface area contributed by atoms with Gasteiger partial charge in [0.1, 0.15) is 17.4 Å². The Balaban J connectivity index is 1.65. The lowest BCUT2D eigenvalue weighted by Gasteiger charge is -2.49. The first-order valence-electron chi connectivity index (χ1n) is 10.1. The number of anilines is 1. The zero-order valence-corrected chi connectivity index (χ0v) is 18.1. The number of carbonyl (C=O) groups excluding carboxylic acids is 1. The molecule has 4 heterocycles. The third-order valence-electron chi connectivity index (χ3n) is 6.15. The topological polar surface area (TPSA) is 84.6 Å². The molecule has 29 heavy (non-hydrogen) atoms. The van der Waals surface area contributed by atoms with Gasteiger partial charge in [0.15, 0.2) is 0 Å². The Bertz CT molecular complexity index is 927. The summed E-state index contributed by atoms with van der Waals surface area (Å²) in [5, 5.41) is 4.11. The van der Waals surface area contributed by atoms with Crippen LogP contribution in [0.5, 0.6) is 0 Å². The Morgan fingerprint density at radius 3 is 2.48 bits per heavy atom. The molecule has 2 aromatic heterocycles. The Labute approximate surface area is 171 Å². The highest BCUT2D eigenvalue weighted by Gasteiger charge is 2.50. The standard InChI is InChI=1S/C21H29N5O3/c1-12(2)18-22-17(16-14(4)24-29-15(16)5)13(3)19(23-18)26-10-21(11-26)7-8-25(9-21)20(27)28-6/h12H,7-11H2,1-6H3. The molecule has 8 heteroatoms. The molecular formula is C21H29N5O3. The molecule has 2 aliphatic heterocycles. The van der Waals surface area contributed by atoms with Crippen LogP contribution in [0.15, 0.2) is 4.52 Å². The summed E-state index contributed by atoms with van der Waals surface area (Å²) in [6.07, 6.45) is 0.762. The summed E-state index contributed by atoms with van der Waals surface area (Å²) in [5.41, 5.74) is 3.88. The maximum absolute atomic E-state index is 11.9. The maximum atomic E-state index is 11.9. The zero-order valence-electron chi connectivity index (χ0n) is 18.1. The van der Waals surface area contributed by atoms with Crippen LogP contribution in [-0.4, -0.2) is 59.4 Å². The highest BCUT2D eigenvalue weighted by molar-refractivity contribution is 5.72. The molecule has 0 bridgehead atoms. The summed E-state index contributed by atoms with van der Waals surface area (Å²) in [6.45, 7) is 13.4. The van der Waals surface area contributed by atoms with Crippen molar-refractivity contribution in [3.05, 3.63) is 22.8 Å². The monoisotopic (exact) mass is 399 g/mol. The summed E-state index contributed by atoms with van der Waals surface area (Å²) in [7, 11) is 1.44. The molecule has 2 saturated heterocycles. The quantitative estimate of drug-likeness (QED) is 0.781. The van der Waals surface area contributed by atoms with Gasteiger partial charge < -0.3 is 19.1 Å². The fourth-order valence-corrected chi connectivity index (χ4v) is 4.54. The molecule has 8 nitrogen and oxygen atoms in total. The average Bonchev–Trinajstić information content (AvgIpc) is 3.24. The second-order valence-electron chi connectivity index (χ2n) is 8.73. The minimum absolute atomic E-state index is 0.132. The van der Waals surface area contributed by atoms with Crippen molar-refractivity contribution < 1.29 is 14.1 Å².